The van der Waals surface area contributed by atoms with Crippen LogP contribution in [0, 0.1) is 11.6 Å². The molecule has 1 atom stereocenters. The average molecular weight is 503 g/mol. The van der Waals surface area contributed by atoms with Gasteiger partial charge in [0.25, 0.3) is 5.91 Å². The van der Waals surface area contributed by atoms with E-state index in [0.717, 1.165) is 16.8 Å². The molecule has 0 spiro atoms. The highest BCUT2D eigenvalue weighted by Gasteiger charge is 2.39. The molecule has 1 amide bonds. The minimum Gasteiger partial charge on any atom is -0.480 e. The maximum atomic E-state index is 15.0. The van der Waals surface area contributed by atoms with E-state index in [1.165, 1.54) is 26.1 Å². The molecule has 1 heterocycles. The molecular formula is C21H16ClF5N4O3. The number of ketones is 1. The summed E-state index contributed by atoms with van der Waals surface area (Å²) in [7, 11) is 1.37. The van der Waals surface area contributed by atoms with Gasteiger partial charge in [-0.15, -0.1) is 0 Å². The number of alkyl halides is 3. The third kappa shape index (κ3) is 5.16. The Labute approximate surface area is 194 Å². The van der Waals surface area contributed by atoms with E-state index in [4.69, 9.17) is 16.3 Å². The minimum atomic E-state index is -4.82. The number of benzene rings is 2. The molecular weight excluding hydrogens is 487 g/mol. The molecule has 1 unspecified atom stereocenters. The third-order valence-electron chi connectivity index (χ3n) is 4.60. The zero-order valence-corrected chi connectivity index (χ0v) is 18.6. The maximum absolute atomic E-state index is 15.0. The van der Waals surface area contributed by atoms with Gasteiger partial charge in [-0.3, -0.25) is 9.59 Å². The van der Waals surface area contributed by atoms with E-state index in [9.17, 15) is 31.5 Å². The fraction of sp³-hybridized carbons (Fsp3) is 0.238. The standard InChI is InChI=1S/C21H16ClF5N4O3/c1-9(32)19-29-18(30-31(19)3)11-8-16(34-10(2)21(25,26)27)12(7-15(11)24)20(33)28-17-13(22)5-4-6-14(17)23/h4-8,10H,1-3H3,(H,28,33). The number of hydrogen-bond acceptors (Lipinski definition) is 5. The summed E-state index contributed by atoms with van der Waals surface area (Å²) in [6.07, 6.45) is -7.21. The monoisotopic (exact) mass is 502 g/mol. The van der Waals surface area contributed by atoms with Crippen LogP contribution in [-0.4, -0.2) is 38.7 Å². The molecule has 0 saturated carbocycles. The van der Waals surface area contributed by atoms with Crippen molar-refractivity contribution in [3.05, 3.63) is 58.4 Å². The minimum absolute atomic E-state index is 0.128. The first-order chi connectivity index (χ1) is 15.8. The summed E-state index contributed by atoms with van der Waals surface area (Å²) in [5.74, 6) is -4.81. The highest BCUT2D eigenvalue weighted by atomic mass is 35.5. The van der Waals surface area contributed by atoms with E-state index in [1.54, 1.807) is 0 Å². The lowest BCUT2D eigenvalue weighted by Gasteiger charge is -2.20. The van der Waals surface area contributed by atoms with Crippen LogP contribution in [0.5, 0.6) is 5.75 Å². The van der Waals surface area contributed by atoms with Gasteiger partial charge >= 0.3 is 6.18 Å². The van der Waals surface area contributed by atoms with Crippen LogP contribution in [0.2, 0.25) is 5.02 Å². The second-order valence-electron chi connectivity index (χ2n) is 7.12. The van der Waals surface area contributed by atoms with Crippen LogP contribution in [0.3, 0.4) is 0 Å². The number of para-hydroxylation sites is 1. The summed E-state index contributed by atoms with van der Waals surface area (Å²) in [6.45, 7) is 1.89. The average Bonchev–Trinajstić information content (AvgIpc) is 3.12. The number of carbonyl (C=O) groups excluding carboxylic acids is 2. The van der Waals surface area contributed by atoms with Crippen molar-refractivity contribution < 1.29 is 36.3 Å². The number of nitrogens with one attached hydrogen (secondary N) is 1. The molecule has 34 heavy (non-hydrogen) atoms. The summed E-state index contributed by atoms with van der Waals surface area (Å²) in [5.41, 5.74) is -1.54. The first-order valence-electron chi connectivity index (χ1n) is 9.54. The van der Waals surface area contributed by atoms with Gasteiger partial charge in [-0.2, -0.15) is 18.3 Å². The van der Waals surface area contributed by atoms with Crippen molar-refractivity contribution in [1.82, 2.24) is 14.8 Å². The van der Waals surface area contributed by atoms with Crippen LogP contribution < -0.4 is 10.1 Å². The maximum Gasteiger partial charge on any atom is 0.425 e. The van der Waals surface area contributed by atoms with Crippen LogP contribution in [0.25, 0.3) is 11.4 Å². The van der Waals surface area contributed by atoms with Gasteiger partial charge in [0, 0.05) is 14.0 Å². The van der Waals surface area contributed by atoms with Gasteiger partial charge in [-0.1, -0.05) is 17.7 Å². The number of aryl methyl sites for hydroxylation is 1. The first-order valence-corrected chi connectivity index (χ1v) is 9.92. The number of Topliss-reactive ketones (excluding diaryl/α,β-unsaturated/α-hetero) is 1. The fourth-order valence-corrected chi connectivity index (χ4v) is 3.07. The van der Waals surface area contributed by atoms with E-state index in [1.807, 2.05) is 0 Å². The van der Waals surface area contributed by atoms with Crippen LogP contribution >= 0.6 is 11.6 Å². The second kappa shape index (κ2) is 9.37. The summed E-state index contributed by atoms with van der Waals surface area (Å²) >= 11 is 5.87. The van der Waals surface area contributed by atoms with E-state index in [2.05, 4.69) is 15.4 Å². The van der Waals surface area contributed by atoms with Crippen molar-refractivity contribution in [1.29, 1.82) is 0 Å². The van der Waals surface area contributed by atoms with Gasteiger partial charge in [0.15, 0.2) is 23.5 Å². The first kappa shape index (κ1) is 25.1. The molecule has 2 aromatic carbocycles. The van der Waals surface area contributed by atoms with E-state index in [0.29, 0.717) is 13.0 Å². The number of halogens is 6. The summed E-state index contributed by atoms with van der Waals surface area (Å²) in [6, 6.07) is 4.94. The predicted octanol–water partition coefficient (Wildman–Crippen LogP) is 5.20. The van der Waals surface area contributed by atoms with Crippen molar-refractivity contribution in [2.24, 2.45) is 7.05 Å². The van der Waals surface area contributed by atoms with E-state index in [-0.39, 0.29) is 16.7 Å². The Balaban J connectivity index is 2.11. The summed E-state index contributed by atoms with van der Waals surface area (Å²) < 4.78 is 74.4. The normalized spacial score (nSPS) is 12.4. The van der Waals surface area contributed by atoms with Gasteiger partial charge < -0.3 is 10.1 Å². The highest BCUT2D eigenvalue weighted by molar-refractivity contribution is 6.34. The molecule has 180 valence electrons. The predicted molar refractivity (Wildman–Crippen MR) is 112 cm³/mol. The molecule has 7 nitrogen and oxygen atoms in total. The molecule has 0 aliphatic rings. The Morgan fingerprint density at radius 2 is 1.85 bits per heavy atom. The Hall–Kier alpha value is -3.54. The van der Waals surface area contributed by atoms with E-state index >= 15 is 0 Å². The molecule has 1 N–H and O–H groups in total. The van der Waals surface area contributed by atoms with Gasteiger partial charge in [0.05, 0.1) is 21.8 Å². The number of rotatable bonds is 6. The van der Waals surface area contributed by atoms with Crippen molar-refractivity contribution >= 4 is 29.0 Å². The molecule has 3 rings (SSSR count). The zero-order valence-electron chi connectivity index (χ0n) is 17.8. The second-order valence-corrected chi connectivity index (χ2v) is 7.53. The van der Waals surface area contributed by atoms with Crippen molar-refractivity contribution in [3.63, 3.8) is 0 Å². The molecule has 13 heteroatoms. The van der Waals surface area contributed by atoms with Gasteiger partial charge in [0.2, 0.25) is 0 Å². The lowest BCUT2D eigenvalue weighted by molar-refractivity contribution is -0.189. The molecule has 0 bridgehead atoms. The van der Waals surface area contributed by atoms with Crippen molar-refractivity contribution in [3.8, 4) is 17.1 Å². The van der Waals surface area contributed by atoms with Crippen LogP contribution in [-0.2, 0) is 7.05 Å². The van der Waals surface area contributed by atoms with Gasteiger partial charge in [-0.25, -0.2) is 18.4 Å². The van der Waals surface area contributed by atoms with Crippen molar-refractivity contribution in [2.75, 3.05) is 5.32 Å². The molecule has 0 radical (unpaired) electrons. The number of ether oxygens (including phenoxy) is 1. The quantitative estimate of drug-likeness (QED) is 0.370. The van der Waals surface area contributed by atoms with Crippen LogP contribution in [0.4, 0.5) is 27.6 Å². The summed E-state index contributed by atoms with van der Waals surface area (Å²) in [4.78, 5) is 28.3. The molecule has 1 aromatic heterocycles. The fourth-order valence-electron chi connectivity index (χ4n) is 2.86. The SMILES string of the molecule is CC(=O)c1nc(-c2cc(OC(C)C(F)(F)F)c(C(=O)Nc3c(F)cccc3Cl)cc2F)nn1C. The van der Waals surface area contributed by atoms with Crippen LogP contribution in [0.15, 0.2) is 30.3 Å². The Morgan fingerprint density at radius 1 is 1.18 bits per heavy atom. The number of amides is 1. The van der Waals surface area contributed by atoms with Crippen molar-refractivity contribution in [2.45, 2.75) is 26.1 Å². The zero-order chi connectivity index (χ0) is 25.4. The lowest BCUT2D eigenvalue weighted by Crippen LogP contribution is -2.32. The Bertz CT molecular complexity index is 1260. The largest absolute Gasteiger partial charge is 0.480 e. The molecule has 0 saturated heterocycles. The molecule has 0 aliphatic heterocycles. The molecule has 0 aliphatic carbocycles. The summed E-state index contributed by atoms with van der Waals surface area (Å²) in [5, 5.41) is 5.82. The third-order valence-corrected chi connectivity index (χ3v) is 4.91. The lowest BCUT2D eigenvalue weighted by atomic mass is 10.1. The van der Waals surface area contributed by atoms with Gasteiger partial charge in [-0.05, 0) is 31.2 Å². The topological polar surface area (TPSA) is 86.1 Å². The number of nitrogens with zero attached hydrogens (tertiary/aromatic N) is 3. The van der Waals surface area contributed by atoms with Gasteiger partial charge in [0.1, 0.15) is 17.4 Å². The van der Waals surface area contributed by atoms with Crippen LogP contribution in [0.1, 0.15) is 34.8 Å². The van der Waals surface area contributed by atoms with E-state index < -0.39 is 58.2 Å². The number of aromatic nitrogens is 3. The number of carbonyl (C=O) groups is 2. The highest BCUT2D eigenvalue weighted by Crippen LogP contribution is 2.34. The smallest absolute Gasteiger partial charge is 0.425 e. The number of hydrogen-bond donors (Lipinski definition) is 1. The molecule has 3 aromatic rings. The Morgan fingerprint density at radius 3 is 2.41 bits per heavy atom. The molecule has 0 fully saturated rings. The Kier molecular flexibility index (Phi) is 6.92. The number of anilines is 1.